The molecule has 1 fully saturated rings. The van der Waals surface area contributed by atoms with E-state index < -0.39 is 17.7 Å². The normalized spacial score (nSPS) is 15.8. The molecule has 3 heterocycles. The molecule has 0 aliphatic carbocycles. The van der Waals surface area contributed by atoms with Crippen LogP contribution in [0.25, 0.3) is 0 Å². The van der Waals surface area contributed by atoms with E-state index in [0.29, 0.717) is 42.7 Å². The molecule has 0 saturated carbocycles. The zero-order chi connectivity index (χ0) is 33.4. The van der Waals surface area contributed by atoms with Crippen molar-refractivity contribution >= 4 is 39.4 Å². The number of aliphatic hydroxyl groups is 1. The predicted octanol–water partition coefficient (Wildman–Crippen LogP) is 7.41. The summed E-state index contributed by atoms with van der Waals surface area (Å²) in [4.78, 5) is 30.8. The van der Waals surface area contributed by atoms with Crippen LogP contribution in [0.2, 0.25) is 0 Å². The molecule has 1 aliphatic heterocycles. The van der Waals surface area contributed by atoms with Crippen molar-refractivity contribution in [2.24, 2.45) is 4.99 Å². The Morgan fingerprint density at radius 3 is 2.57 bits per heavy atom. The molecular weight excluding hydrogens is 648 g/mol. The second-order valence-electron chi connectivity index (χ2n) is 12.2. The minimum Gasteiger partial charge on any atom is -0.455 e. The van der Waals surface area contributed by atoms with E-state index in [0.717, 1.165) is 45.6 Å². The van der Waals surface area contributed by atoms with Crippen molar-refractivity contribution < 1.29 is 19.4 Å². The van der Waals surface area contributed by atoms with Crippen LogP contribution in [0.5, 0.6) is 11.5 Å². The number of rotatable bonds is 9. The Morgan fingerprint density at radius 2 is 1.93 bits per heavy atom. The van der Waals surface area contributed by atoms with Crippen LogP contribution in [0.3, 0.4) is 0 Å². The van der Waals surface area contributed by atoms with Crippen molar-refractivity contribution in [1.82, 2.24) is 14.9 Å². The molecule has 2 N–H and O–H groups in total. The summed E-state index contributed by atoms with van der Waals surface area (Å²) in [5.74, 6) is 2.73. The SMILES string of the molecule is CC/C=C/N=C(/Nc1ccc(Oc2ccc(CC)nc2)c(C)c1)c1nc(N2CCN(C(=O)OC(C)(C)C)C(CO)C2)c(Br)cc1C. The predicted molar refractivity (Wildman–Crippen MR) is 187 cm³/mol. The average Bonchev–Trinajstić information content (AvgIpc) is 3.01. The first-order valence-electron chi connectivity index (χ1n) is 15.7. The molecule has 0 radical (unpaired) electrons. The molecule has 46 heavy (non-hydrogen) atoms. The highest BCUT2D eigenvalue weighted by atomic mass is 79.9. The number of hydrogen-bond acceptors (Lipinski definition) is 8. The first kappa shape index (κ1) is 34.9. The van der Waals surface area contributed by atoms with E-state index in [9.17, 15) is 9.90 Å². The van der Waals surface area contributed by atoms with Gasteiger partial charge in [-0.15, -0.1) is 0 Å². The number of halogens is 1. The van der Waals surface area contributed by atoms with Gasteiger partial charge in [0.25, 0.3) is 0 Å². The molecule has 3 aromatic rings. The van der Waals surface area contributed by atoms with Gasteiger partial charge in [0, 0.05) is 37.2 Å². The van der Waals surface area contributed by atoms with Crippen LogP contribution in [0.1, 0.15) is 63.6 Å². The number of amidine groups is 1. The lowest BCUT2D eigenvalue weighted by Gasteiger charge is -2.41. The summed E-state index contributed by atoms with van der Waals surface area (Å²) < 4.78 is 12.5. The fourth-order valence-electron chi connectivity index (χ4n) is 4.97. The number of benzene rings is 1. The number of aryl methyl sites for hydroxylation is 3. The zero-order valence-corrected chi connectivity index (χ0v) is 29.4. The lowest BCUT2D eigenvalue weighted by atomic mass is 10.1. The highest BCUT2D eigenvalue weighted by Crippen LogP contribution is 2.31. The molecule has 1 saturated heterocycles. The Balaban J connectivity index is 1.59. The molecule has 1 aromatic carbocycles. The third-order valence-corrected chi connectivity index (χ3v) is 7.95. The molecule has 4 rings (SSSR count). The molecule has 1 unspecified atom stereocenters. The van der Waals surface area contributed by atoms with E-state index in [1.165, 1.54) is 0 Å². The van der Waals surface area contributed by atoms with Crippen LogP contribution in [0, 0.1) is 13.8 Å². The fraction of sp³-hybridized carbons (Fsp3) is 0.429. The minimum absolute atomic E-state index is 0.193. The van der Waals surface area contributed by atoms with Gasteiger partial charge in [0.2, 0.25) is 0 Å². The van der Waals surface area contributed by atoms with Crippen LogP contribution < -0.4 is 15.0 Å². The van der Waals surface area contributed by atoms with Crippen LogP contribution in [-0.2, 0) is 11.2 Å². The number of nitrogens with one attached hydrogen (secondary N) is 1. The molecule has 2 aromatic heterocycles. The van der Waals surface area contributed by atoms with Crippen LogP contribution in [0.15, 0.2) is 64.3 Å². The summed E-state index contributed by atoms with van der Waals surface area (Å²) in [5.41, 5.74) is 3.80. The number of ether oxygens (including phenoxy) is 2. The summed E-state index contributed by atoms with van der Waals surface area (Å²) in [6.07, 6.45) is 6.80. The lowest BCUT2D eigenvalue weighted by Crippen LogP contribution is -2.57. The van der Waals surface area contributed by atoms with Crippen molar-refractivity contribution in [3.63, 3.8) is 0 Å². The lowest BCUT2D eigenvalue weighted by molar-refractivity contribution is 0.00698. The molecule has 10 nitrogen and oxygen atoms in total. The summed E-state index contributed by atoms with van der Waals surface area (Å²) in [7, 11) is 0. The number of aromatic nitrogens is 2. The number of aliphatic imine (C=N–C) groups is 1. The van der Waals surface area contributed by atoms with E-state index in [1.54, 1.807) is 17.3 Å². The van der Waals surface area contributed by atoms with Crippen molar-refractivity contribution in [2.45, 2.75) is 73.0 Å². The number of carbonyl (C=O) groups is 1. The highest BCUT2D eigenvalue weighted by molar-refractivity contribution is 9.10. The third kappa shape index (κ3) is 9.07. The number of pyridine rings is 2. The van der Waals surface area contributed by atoms with Gasteiger partial charge in [0.1, 0.15) is 28.6 Å². The Morgan fingerprint density at radius 1 is 1.15 bits per heavy atom. The van der Waals surface area contributed by atoms with Gasteiger partial charge >= 0.3 is 6.09 Å². The van der Waals surface area contributed by atoms with Crippen LogP contribution >= 0.6 is 15.9 Å². The average molecular weight is 694 g/mol. The van der Waals surface area contributed by atoms with Crippen LogP contribution in [0.4, 0.5) is 16.3 Å². The first-order chi connectivity index (χ1) is 21.9. The Kier molecular flexibility index (Phi) is 11.8. The van der Waals surface area contributed by atoms with E-state index >= 15 is 0 Å². The maximum absolute atomic E-state index is 12.8. The van der Waals surface area contributed by atoms with Crippen molar-refractivity contribution in [3.05, 3.63) is 81.9 Å². The molecule has 0 bridgehead atoms. The fourth-order valence-corrected chi connectivity index (χ4v) is 5.65. The topological polar surface area (TPSA) is 112 Å². The zero-order valence-electron chi connectivity index (χ0n) is 27.8. The Bertz CT molecular complexity index is 1570. The van der Waals surface area contributed by atoms with Gasteiger partial charge in [-0.05, 0) is 111 Å². The monoisotopic (exact) mass is 692 g/mol. The second-order valence-corrected chi connectivity index (χ2v) is 13.1. The number of hydrogen-bond donors (Lipinski definition) is 2. The maximum atomic E-state index is 12.8. The summed E-state index contributed by atoms with van der Waals surface area (Å²) in [5, 5.41) is 13.7. The molecule has 246 valence electrons. The molecule has 1 aliphatic rings. The van der Waals surface area contributed by atoms with E-state index in [2.05, 4.69) is 45.0 Å². The van der Waals surface area contributed by atoms with E-state index in [-0.39, 0.29) is 6.61 Å². The molecule has 11 heteroatoms. The largest absolute Gasteiger partial charge is 0.455 e. The van der Waals surface area contributed by atoms with Gasteiger partial charge in [-0.25, -0.2) is 14.8 Å². The third-order valence-electron chi connectivity index (χ3n) is 7.36. The second kappa shape index (κ2) is 15.6. The summed E-state index contributed by atoms with van der Waals surface area (Å²) in [6.45, 7) is 14.7. The summed E-state index contributed by atoms with van der Waals surface area (Å²) >= 11 is 3.71. The van der Waals surface area contributed by atoms with Gasteiger partial charge in [0.05, 0.1) is 23.3 Å². The molecular formula is C35H45BrN6O4. The number of carbonyl (C=O) groups excluding carboxylic acids is 1. The Labute approximate surface area is 280 Å². The Hall–Kier alpha value is -3.96. The standard InChI is InChI=1S/C35H45BrN6O4/c1-8-10-15-37-32(39-26-12-14-30(23(3)18-26)45-28-13-11-25(9-2)38-20-28)31-24(4)19-29(36)33(40-31)41-16-17-42(27(21-41)22-43)34(44)46-35(5,6)7/h10-15,18-20,27,43H,8-9,16-17,21-22H2,1-7H3,(H,37,39)/b15-10+. The van der Waals surface area contributed by atoms with Gasteiger partial charge in [0.15, 0.2) is 5.84 Å². The number of nitrogens with zero attached hydrogens (tertiary/aromatic N) is 5. The van der Waals surface area contributed by atoms with Crippen LogP contribution in [-0.4, -0.2) is 69.8 Å². The van der Waals surface area contributed by atoms with Crippen molar-refractivity contribution in [1.29, 1.82) is 0 Å². The van der Waals surface area contributed by atoms with Crippen molar-refractivity contribution in [3.8, 4) is 11.5 Å². The first-order valence-corrected chi connectivity index (χ1v) is 16.5. The quantitative estimate of drug-likeness (QED) is 0.176. The molecule has 0 spiro atoms. The number of aliphatic hydroxyl groups excluding tert-OH is 1. The molecule has 1 amide bonds. The van der Waals surface area contributed by atoms with Gasteiger partial charge in [-0.2, -0.15) is 0 Å². The molecule has 1 atom stereocenters. The minimum atomic E-state index is -0.621. The van der Waals surface area contributed by atoms with Gasteiger partial charge in [-0.1, -0.05) is 19.9 Å². The summed E-state index contributed by atoms with van der Waals surface area (Å²) in [6, 6.07) is 11.4. The number of anilines is 2. The van der Waals surface area contributed by atoms with Gasteiger partial charge < -0.3 is 24.8 Å². The van der Waals surface area contributed by atoms with Crippen molar-refractivity contribution in [2.75, 3.05) is 36.5 Å². The van der Waals surface area contributed by atoms with E-state index in [4.69, 9.17) is 19.5 Å². The number of amides is 1. The number of piperazine rings is 1. The highest BCUT2D eigenvalue weighted by Gasteiger charge is 2.34. The van der Waals surface area contributed by atoms with E-state index in [1.807, 2.05) is 77.1 Å². The van der Waals surface area contributed by atoms with Gasteiger partial charge in [-0.3, -0.25) is 9.88 Å². The maximum Gasteiger partial charge on any atom is 0.410 e. The number of allylic oxidation sites excluding steroid dienone is 1. The smallest absolute Gasteiger partial charge is 0.410 e.